The zero-order valence-corrected chi connectivity index (χ0v) is 14.0. The Balaban J connectivity index is 2.42. The van der Waals surface area contributed by atoms with Crippen LogP contribution in [0.5, 0.6) is 5.75 Å². The Morgan fingerprint density at radius 1 is 1.38 bits per heavy atom. The topological polar surface area (TPSA) is 55.4 Å². The lowest BCUT2D eigenvalue weighted by atomic mass is 10.1. The van der Waals surface area contributed by atoms with Crippen molar-refractivity contribution in [2.45, 2.75) is 50.2 Å². The smallest absolute Gasteiger partial charge is 0.157 e. The van der Waals surface area contributed by atoms with Gasteiger partial charge in [0.2, 0.25) is 0 Å². The quantitative estimate of drug-likeness (QED) is 0.877. The van der Waals surface area contributed by atoms with E-state index in [9.17, 15) is 8.42 Å². The van der Waals surface area contributed by atoms with Gasteiger partial charge in [0.15, 0.2) is 9.84 Å². The van der Waals surface area contributed by atoms with Crippen LogP contribution in [0.25, 0.3) is 0 Å². The van der Waals surface area contributed by atoms with Gasteiger partial charge in [0, 0.05) is 6.04 Å². The fourth-order valence-corrected chi connectivity index (χ4v) is 5.10. The summed E-state index contributed by atoms with van der Waals surface area (Å²) in [5.74, 6) is 0.776. The van der Waals surface area contributed by atoms with E-state index in [4.69, 9.17) is 4.74 Å². The molecule has 1 aliphatic rings. The third-order valence-corrected chi connectivity index (χ3v) is 7.20. The van der Waals surface area contributed by atoms with Gasteiger partial charge < -0.3 is 10.1 Å². The third-order valence-electron chi connectivity index (χ3n) is 4.46. The molecule has 3 atom stereocenters. The lowest BCUT2D eigenvalue weighted by Gasteiger charge is -2.24. The number of ether oxygens (including phenoxy) is 1. The SMILES string of the molecule is CCNC1c2cc(OC)ccc2CC1S(=O)(=O)C(C)CC. The summed E-state index contributed by atoms with van der Waals surface area (Å²) in [6, 6.07) is 5.72. The number of fused-ring (bicyclic) bond motifs is 1. The van der Waals surface area contributed by atoms with Crippen molar-refractivity contribution >= 4 is 9.84 Å². The van der Waals surface area contributed by atoms with Gasteiger partial charge in [0.05, 0.1) is 17.6 Å². The Labute approximate surface area is 127 Å². The van der Waals surface area contributed by atoms with E-state index in [0.29, 0.717) is 12.8 Å². The van der Waals surface area contributed by atoms with Crippen LogP contribution in [0.2, 0.25) is 0 Å². The fourth-order valence-electron chi connectivity index (χ4n) is 3.01. The maximum Gasteiger partial charge on any atom is 0.157 e. The van der Waals surface area contributed by atoms with Crippen LogP contribution < -0.4 is 10.1 Å². The number of methoxy groups -OCH3 is 1. The molecule has 2 rings (SSSR count). The highest BCUT2D eigenvalue weighted by Gasteiger charge is 2.42. The lowest BCUT2D eigenvalue weighted by Crippen LogP contribution is -2.38. The van der Waals surface area contributed by atoms with Gasteiger partial charge in [-0.05, 0) is 49.6 Å². The minimum Gasteiger partial charge on any atom is -0.497 e. The number of benzene rings is 1. The van der Waals surface area contributed by atoms with E-state index in [2.05, 4.69) is 5.32 Å². The summed E-state index contributed by atoms with van der Waals surface area (Å²) in [5.41, 5.74) is 2.17. The van der Waals surface area contributed by atoms with Gasteiger partial charge in [0.25, 0.3) is 0 Å². The van der Waals surface area contributed by atoms with E-state index in [0.717, 1.165) is 23.4 Å². The molecule has 1 N–H and O–H groups in total. The summed E-state index contributed by atoms with van der Waals surface area (Å²) < 4.78 is 30.9. The maximum atomic E-state index is 12.8. The summed E-state index contributed by atoms with van der Waals surface area (Å²) in [7, 11) is -1.52. The molecule has 0 aromatic heterocycles. The van der Waals surface area contributed by atoms with Gasteiger partial charge in [-0.25, -0.2) is 8.42 Å². The molecule has 0 saturated carbocycles. The number of nitrogens with one attached hydrogen (secondary N) is 1. The van der Waals surface area contributed by atoms with Gasteiger partial charge in [-0.3, -0.25) is 0 Å². The number of rotatable bonds is 6. The van der Waals surface area contributed by atoms with Crippen LogP contribution in [0.15, 0.2) is 18.2 Å². The highest BCUT2D eigenvalue weighted by atomic mass is 32.2. The second kappa shape index (κ2) is 6.36. The average Bonchev–Trinajstić information content (AvgIpc) is 2.85. The molecule has 1 aromatic carbocycles. The van der Waals surface area contributed by atoms with Crippen molar-refractivity contribution in [3.05, 3.63) is 29.3 Å². The van der Waals surface area contributed by atoms with Crippen LogP contribution >= 0.6 is 0 Å². The van der Waals surface area contributed by atoms with Gasteiger partial charge in [-0.1, -0.05) is 19.9 Å². The van der Waals surface area contributed by atoms with Crippen molar-refractivity contribution in [2.75, 3.05) is 13.7 Å². The summed E-state index contributed by atoms with van der Waals surface area (Å²) in [6.07, 6.45) is 1.24. The Hall–Kier alpha value is -1.07. The fraction of sp³-hybridized carbons (Fsp3) is 0.625. The molecule has 0 radical (unpaired) electrons. The van der Waals surface area contributed by atoms with Crippen LogP contribution in [0.1, 0.15) is 44.4 Å². The Morgan fingerprint density at radius 3 is 2.67 bits per heavy atom. The molecular formula is C16H25NO3S. The first-order chi connectivity index (χ1) is 9.95. The third kappa shape index (κ3) is 2.94. The van der Waals surface area contributed by atoms with Crippen LogP contribution in [0.4, 0.5) is 0 Å². The molecule has 0 amide bonds. The molecule has 0 spiro atoms. The summed E-state index contributed by atoms with van der Waals surface area (Å²) >= 11 is 0. The second-order valence-electron chi connectivity index (χ2n) is 5.65. The van der Waals surface area contributed by atoms with Crippen molar-refractivity contribution in [3.8, 4) is 5.75 Å². The van der Waals surface area contributed by atoms with Crippen LogP contribution in [0, 0.1) is 0 Å². The van der Waals surface area contributed by atoms with E-state index < -0.39 is 9.84 Å². The highest BCUT2D eigenvalue weighted by molar-refractivity contribution is 7.92. The molecule has 0 aliphatic heterocycles. The molecule has 1 aliphatic carbocycles. The first kappa shape index (κ1) is 16.3. The Kier molecular flexibility index (Phi) is 4.94. The summed E-state index contributed by atoms with van der Waals surface area (Å²) in [6.45, 7) is 6.48. The van der Waals surface area contributed by atoms with E-state index in [-0.39, 0.29) is 16.5 Å². The summed E-state index contributed by atoms with van der Waals surface area (Å²) in [4.78, 5) is 0. The van der Waals surface area contributed by atoms with Crippen LogP contribution in [-0.4, -0.2) is 32.6 Å². The van der Waals surface area contributed by atoms with Crippen LogP contribution in [0.3, 0.4) is 0 Å². The van der Waals surface area contributed by atoms with Gasteiger partial charge in [-0.2, -0.15) is 0 Å². The van der Waals surface area contributed by atoms with E-state index in [1.807, 2.05) is 39.0 Å². The first-order valence-corrected chi connectivity index (χ1v) is 9.19. The number of sulfone groups is 1. The molecule has 118 valence electrons. The van der Waals surface area contributed by atoms with Gasteiger partial charge in [-0.15, -0.1) is 0 Å². The second-order valence-corrected chi connectivity index (χ2v) is 8.24. The molecular weight excluding hydrogens is 286 g/mol. The molecule has 1 aromatic rings. The van der Waals surface area contributed by atoms with Crippen LogP contribution in [-0.2, 0) is 16.3 Å². The summed E-state index contributed by atoms with van der Waals surface area (Å²) in [5, 5.41) is 2.67. The monoisotopic (exact) mass is 311 g/mol. The molecule has 0 saturated heterocycles. The zero-order chi connectivity index (χ0) is 15.6. The standard InChI is InChI=1S/C16H25NO3S/c1-5-11(3)21(18,19)15-9-12-7-8-13(20-4)10-14(12)16(15)17-6-2/h7-8,10-11,15-17H,5-6,9H2,1-4H3. The number of hydrogen-bond acceptors (Lipinski definition) is 4. The predicted octanol–water partition coefficient (Wildman–Crippen LogP) is 2.48. The average molecular weight is 311 g/mol. The maximum absolute atomic E-state index is 12.8. The largest absolute Gasteiger partial charge is 0.497 e. The first-order valence-electron chi connectivity index (χ1n) is 7.58. The Bertz CT molecular complexity index is 598. The highest BCUT2D eigenvalue weighted by Crippen LogP contribution is 2.39. The van der Waals surface area contributed by atoms with Gasteiger partial charge >= 0.3 is 0 Å². The molecule has 5 heteroatoms. The van der Waals surface area contributed by atoms with E-state index >= 15 is 0 Å². The Morgan fingerprint density at radius 2 is 2.10 bits per heavy atom. The molecule has 21 heavy (non-hydrogen) atoms. The van der Waals surface area contributed by atoms with Gasteiger partial charge in [0.1, 0.15) is 5.75 Å². The molecule has 3 unspecified atom stereocenters. The van der Waals surface area contributed by atoms with Crippen molar-refractivity contribution < 1.29 is 13.2 Å². The minimum atomic E-state index is -3.15. The molecule has 4 nitrogen and oxygen atoms in total. The molecule has 0 fully saturated rings. The van der Waals surface area contributed by atoms with Crippen molar-refractivity contribution in [2.24, 2.45) is 0 Å². The van der Waals surface area contributed by atoms with Crippen molar-refractivity contribution in [3.63, 3.8) is 0 Å². The molecule has 0 bridgehead atoms. The van der Waals surface area contributed by atoms with E-state index in [1.54, 1.807) is 7.11 Å². The normalized spacial score (nSPS) is 22.9. The van der Waals surface area contributed by atoms with Crippen molar-refractivity contribution in [1.29, 1.82) is 0 Å². The van der Waals surface area contributed by atoms with E-state index in [1.165, 1.54) is 0 Å². The minimum absolute atomic E-state index is 0.140. The zero-order valence-electron chi connectivity index (χ0n) is 13.2. The predicted molar refractivity (Wildman–Crippen MR) is 85.6 cm³/mol. The lowest BCUT2D eigenvalue weighted by molar-refractivity contribution is 0.413. The van der Waals surface area contributed by atoms with Crippen molar-refractivity contribution in [1.82, 2.24) is 5.32 Å². The molecule has 0 heterocycles. The number of hydrogen-bond donors (Lipinski definition) is 1.